The fraction of sp³-hybridized carbons (Fsp3) is 0.579. The Morgan fingerprint density at radius 1 is 1.40 bits per heavy atom. The summed E-state index contributed by atoms with van der Waals surface area (Å²) in [6.45, 7) is 6.54. The molecule has 1 aliphatic rings. The molecule has 0 unspecified atom stereocenters. The summed E-state index contributed by atoms with van der Waals surface area (Å²) >= 11 is 0. The first-order valence-corrected chi connectivity index (χ1v) is 8.57. The van der Waals surface area contributed by atoms with E-state index in [1.807, 2.05) is 25.3 Å². The largest absolute Gasteiger partial charge is 0.466 e. The Hall–Kier alpha value is -1.92. The lowest BCUT2D eigenvalue weighted by molar-refractivity contribution is -0.143. The molecule has 1 aromatic rings. The predicted octanol–water partition coefficient (Wildman–Crippen LogP) is 3.34. The summed E-state index contributed by atoms with van der Waals surface area (Å²) in [6.07, 6.45) is 5.40. The second-order valence-corrected chi connectivity index (χ2v) is 6.77. The summed E-state index contributed by atoms with van der Waals surface area (Å²) in [5.41, 5.74) is 3.85. The van der Waals surface area contributed by atoms with Gasteiger partial charge in [-0.15, -0.1) is 0 Å². The van der Waals surface area contributed by atoms with E-state index in [9.17, 15) is 4.79 Å². The normalized spacial score (nSPS) is 18.0. The third-order valence-electron chi connectivity index (χ3n) is 4.26. The number of esters is 1. The highest BCUT2D eigenvalue weighted by atomic mass is 16.7. The van der Waals surface area contributed by atoms with Gasteiger partial charge in [-0.2, -0.15) is 0 Å². The number of H-pyrrole nitrogens is 1. The summed E-state index contributed by atoms with van der Waals surface area (Å²) in [5, 5.41) is 0. The van der Waals surface area contributed by atoms with E-state index < -0.39 is 6.29 Å². The number of carbonyl (C=O) groups excluding carboxylic acids is 1. The van der Waals surface area contributed by atoms with Crippen molar-refractivity contribution in [2.24, 2.45) is 10.4 Å². The quantitative estimate of drug-likeness (QED) is 0.578. The minimum Gasteiger partial charge on any atom is -0.466 e. The molecule has 0 aliphatic carbocycles. The highest BCUT2D eigenvalue weighted by Gasteiger charge is 2.35. The Bertz CT molecular complexity index is 654. The van der Waals surface area contributed by atoms with Crippen molar-refractivity contribution in [3.05, 3.63) is 29.2 Å². The smallest absolute Gasteiger partial charge is 0.306 e. The molecule has 1 aromatic heterocycles. The van der Waals surface area contributed by atoms with Gasteiger partial charge in [0, 0.05) is 50.1 Å². The number of aliphatic imine (C=N–C) groups is 1. The number of aromatic amines is 1. The zero-order valence-corrected chi connectivity index (χ0v) is 15.7. The third kappa shape index (κ3) is 5.03. The standard InChI is InChI=1S/C19H28N2O4/c1-6-25-17(22)8-7-13-9-14(20-12-13)10-16-19(2,3)11-15(21-16)18(23-4)24-5/h9-10,12,18,20H,6-8,11H2,1-5H3/b16-10-. The SMILES string of the molecule is CCOC(=O)CCc1c[nH]c(/C=C2\N=C(C(OC)OC)CC2(C)C)c1. The van der Waals surface area contributed by atoms with E-state index >= 15 is 0 Å². The van der Waals surface area contributed by atoms with Gasteiger partial charge in [0.2, 0.25) is 0 Å². The zero-order valence-electron chi connectivity index (χ0n) is 15.7. The second-order valence-electron chi connectivity index (χ2n) is 6.77. The molecule has 6 heteroatoms. The molecule has 1 N–H and O–H groups in total. The number of ether oxygens (including phenoxy) is 3. The Morgan fingerprint density at radius 2 is 2.12 bits per heavy atom. The molecule has 1 aliphatic heterocycles. The monoisotopic (exact) mass is 348 g/mol. The molecule has 138 valence electrons. The molecule has 0 saturated heterocycles. The number of hydrogen-bond acceptors (Lipinski definition) is 5. The van der Waals surface area contributed by atoms with Crippen molar-refractivity contribution in [2.75, 3.05) is 20.8 Å². The number of methoxy groups -OCH3 is 2. The molecule has 0 atom stereocenters. The van der Waals surface area contributed by atoms with Crippen molar-refractivity contribution >= 4 is 17.8 Å². The highest BCUT2D eigenvalue weighted by molar-refractivity contribution is 5.92. The van der Waals surface area contributed by atoms with Gasteiger partial charge in [0.25, 0.3) is 0 Å². The maximum Gasteiger partial charge on any atom is 0.306 e. The first-order chi connectivity index (χ1) is 11.9. The lowest BCUT2D eigenvalue weighted by Crippen LogP contribution is -2.25. The molecule has 2 rings (SSSR count). The number of allylic oxidation sites excluding steroid dienone is 1. The average Bonchev–Trinajstić information content (AvgIpc) is 3.12. The molecule has 0 bridgehead atoms. The molecule has 0 radical (unpaired) electrons. The van der Waals surface area contributed by atoms with E-state index in [1.54, 1.807) is 14.2 Å². The molecule has 25 heavy (non-hydrogen) atoms. The highest BCUT2D eigenvalue weighted by Crippen LogP contribution is 2.39. The lowest BCUT2D eigenvalue weighted by Gasteiger charge is -2.19. The molecule has 0 saturated carbocycles. The van der Waals surface area contributed by atoms with Crippen LogP contribution in [-0.2, 0) is 25.4 Å². The van der Waals surface area contributed by atoms with Gasteiger partial charge in [-0.1, -0.05) is 13.8 Å². The van der Waals surface area contributed by atoms with Gasteiger partial charge in [-0.25, -0.2) is 0 Å². The molecule has 0 fully saturated rings. The maximum absolute atomic E-state index is 11.5. The summed E-state index contributed by atoms with van der Waals surface area (Å²) in [6, 6.07) is 2.04. The number of aryl methyl sites for hydroxylation is 1. The van der Waals surface area contributed by atoms with Crippen LogP contribution in [0.25, 0.3) is 6.08 Å². The third-order valence-corrected chi connectivity index (χ3v) is 4.26. The van der Waals surface area contributed by atoms with Crippen LogP contribution in [0.1, 0.15) is 44.9 Å². The first kappa shape index (κ1) is 19.4. The van der Waals surface area contributed by atoms with Crippen LogP contribution in [0.15, 0.2) is 23.0 Å². The minimum absolute atomic E-state index is 0.0825. The van der Waals surface area contributed by atoms with Crippen LogP contribution < -0.4 is 0 Å². The molecular weight excluding hydrogens is 320 g/mol. The molecular formula is C19H28N2O4. The second kappa shape index (κ2) is 8.45. The van der Waals surface area contributed by atoms with Gasteiger partial charge >= 0.3 is 5.97 Å². The molecule has 0 amide bonds. The topological polar surface area (TPSA) is 72.9 Å². The molecule has 6 nitrogen and oxygen atoms in total. The maximum atomic E-state index is 11.5. The zero-order chi connectivity index (χ0) is 18.4. The summed E-state index contributed by atoms with van der Waals surface area (Å²) < 4.78 is 15.6. The number of aromatic nitrogens is 1. The fourth-order valence-electron chi connectivity index (χ4n) is 2.93. The van der Waals surface area contributed by atoms with Crippen molar-refractivity contribution in [3.8, 4) is 0 Å². The average molecular weight is 348 g/mol. The van der Waals surface area contributed by atoms with Crippen molar-refractivity contribution in [3.63, 3.8) is 0 Å². The van der Waals surface area contributed by atoms with E-state index in [-0.39, 0.29) is 11.4 Å². The summed E-state index contributed by atoms with van der Waals surface area (Å²) in [4.78, 5) is 19.4. The number of nitrogens with one attached hydrogen (secondary N) is 1. The predicted molar refractivity (Wildman–Crippen MR) is 97.4 cm³/mol. The minimum atomic E-state index is -0.408. The van der Waals surface area contributed by atoms with Crippen LogP contribution in [0.3, 0.4) is 0 Å². The molecule has 0 aromatic carbocycles. The number of hydrogen-bond donors (Lipinski definition) is 1. The summed E-state index contributed by atoms with van der Waals surface area (Å²) in [5.74, 6) is -0.167. The van der Waals surface area contributed by atoms with Crippen LogP contribution in [0, 0.1) is 5.41 Å². The van der Waals surface area contributed by atoms with Crippen LogP contribution in [0.2, 0.25) is 0 Å². The first-order valence-electron chi connectivity index (χ1n) is 8.57. The van der Waals surface area contributed by atoms with Crippen LogP contribution >= 0.6 is 0 Å². The fourth-order valence-corrected chi connectivity index (χ4v) is 2.93. The van der Waals surface area contributed by atoms with Gasteiger partial charge in [0.05, 0.1) is 12.3 Å². The van der Waals surface area contributed by atoms with E-state index in [0.29, 0.717) is 19.4 Å². The van der Waals surface area contributed by atoms with E-state index in [1.165, 1.54) is 0 Å². The van der Waals surface area contributed by atoms with Crippen molar-refractivity contribution in [2.45, 2.75) is 46.3 Å². The van der Waals surface area contributed by atoms with E-state index in [0.717, 1.165) is 29.1 Å². The van der Waals surface area contributed by atoms with Crippen molar-refractivity contribution in [1.82, 2.24) is 4.98 Å². The van der Waals surface area contributed by atoms with Crippen LogP contribution in [0.5, 0.6) is 0 Å². The Kier molecular flexibility index (Phi) is 6.56. The molecule has 2 heterocycles. The van der Waals surface area contributed by atoms with Gasteiger partial charge in [0.15, 0.2) is 6.29 Å². The Balaban J connectivity index is 2.10. The van der Waals surface area contributed by atoms with Gasteiger partial charge in [-0.3, -0.25) is 9.79 Å². The Labute approximate surface area is 149 Å². The van der Waals surface area contributed by atoms with Gasteiger partial charge < -0.3 is 19.2 Å². The number of rotatable bonds is 8. The van der Waals surface area contributed by atoms with Crippen LogP contribution in [-0.4, -0.2) is 43.8 Å². The number of nitrogens with zero attached hydrogens (tertiary/aromatic N) is 1. The lowest BCUT2D eigenvalue weighted by atomic mass is 9.86. The van der Waals surface area contributed by atoms with E-state index in [2.05, 4.69) is 18.8 Å². The number of carbonyl (C=O) groups is 1. The van der Waals surface area contributed by atoms with Gasteiger partial charge in [0.1, 0.15) is 0 Å². The van der Waals surface area contributed by atoms with Crippen molar-refractivity contribution < 1.29 is 19.0 Å². The van der Waals surface area contributed by atoms with Gasteiger partial charge in [-0.05, 0) is 31.1 Å². The molecule has 0 spiro atoms. The summed E-state index contributed by atoms with van der Waals surface area (Å²) in [7, 11) is 3.23. The Morgan fingerprint density at radius 3 is 2.76 bits per heavy atom. The van der Waals surface area contributed by atoms with Crippen molar-refractivity contribution in [1.29, 1.82) is 0 Å². The van der Waals surface area contributed by atoms with Crippen LogP contribution in [0.4, 0.5) is 0 Å². The van der Waals surface area contributed by atoms with E-state index in [4.69, 9.17) is 19.2 Å².